The van der Waals surface area contributed by atoms with Crippen LogP contribution in [0.1, 0.15) is 47.7 Å². The maximum Gasteiger partial charge on any atom is 0.280 e. The number of fused-ring (bicyclic) bond motifs is 2. The fraction of sp³-hybridized carbons (Fsp3) is 0.500. The van der Waals surface area contributed by atoms with Gasteiger partial charge in [-0.3, -0.25) is 24.4 Å². The Hall–Kier alpha value is -3.27. The number of hydrogen-bond acceptors (Lipinski definition) is 12. The van der Waals surface area contributed by atoms with E-state index in [0.717, 1.165) is 13.0 Å². The molecule has 6 rings (SSSR count). The lowest BCUT2D eigenvalue weighted by Gasteiger charge is -2.30. The highest BCUT2D eigenvalue weighted by atomic mass is 32.2. The summed E-state index contributed by atoms with van der Waals surface area (Å²) < 4.78 is 38.6. The van der Waals surface area contributed by atoms with Crippen LogP contribution in [0.25, 0.3) is 10.6 Å². The molecule has 39 heavy (non-hydrogen) atoms. The van der Waals surface area contributed by atoms with E-state index in [9.17, 15) is 13.2 Å². The van der Waals surface area contributed by atoms with Gasteiger partial charge in [-0.15, -0.1) is 11.3 Å². The first-order chi connectivity index (χ1) is 18.9. The topological polar surface area (TPSA) is 161 Å². The van der Waals surface area contributed by atoms with Crippen molar-refractivity contribution in [2.24, 2.45) is 0 Å². The summed E-state index contributed by atoms with van der Waals surface area (Å²) in [6.07, 6.45) is 10.0. The highest BCUT2D eigenvalue weighted by molar-refractivity contribution is 7.93. The van der Waals surface area contributed by atoms with Crippen LogP contribution in [-0.2, 0) is 14.8 Å². The van der Waals surface area contributed by atoms with Gasteiger partial charge in [0.25, 0.3) is 5.91 Å². The molecule has 3 fully saturated rings. The van der Waals surface area contributed by atoms with E-state index in [-0.39, 0.29) is 28.9 Å². The Morgan fingerprint density at radius 2 is 2.05 bits per heavy atom. The number of carbonyl (C=O) groups excluding carboxylic acids is 1. The molecule has 15 heteroatoms. The number of aromatic nitrogens is 5. The molecule has 2 bridgehead atoms. The monoisotopic (exact) mass is 572 g/mol. The van der Waals surface area contributed by atoms with Crippen molar-refractivity contribution in [3.05, 3.63) is 41.7 Å². The summed E-state index contributed by atoms with van der Waals surface area (Å²) in [5.74, 6) is 0.153. The third kappa shape index (κ3) is 5.85. The minimum absolute atomic E-state index is 0.134. The molecule has 5 heterocycles. The number of morpholine rings is 1. The van der Waals surface area contributed by atoms with Gasteiger partial charge in [0.05, 0.1) is 66.0 Å². The van der Waals surface area contributed by atoms with Crippen molar-refractivity contribution < 1.29 is 22.7 Å². The zero-order valence-corrected chi connectivity index (χ0v) is 22.8. The van der Waals surface area contributed by atoms with E-state index in [1.807, 2.05) is 6.92 Å². The average Bonchev–Trinajstić information content (AvgIpc) is 3.34. The lowest BCUT2D eigenvalue weighted by atomic mass is 10.1. The first-order valence-electron chi connectivity index (χ1n) is 12.8. The second-order valence-corrected chi connectivity index (χ2v) is 12.7. The summed E-state index contributed by atoms with van der Waals surface area (Å²) >= 11 is 1.19. The molecular formula is C24H28N8O5S2. The van der Waals surface area contributed by atoms with Crippen molar-refractivity contribution in [1.29, 1.82) is 0 Å². The molecule has 1 aliphatic carbocycles. The number of ether oxygens (including phenoxy) is 2. The van der Waals surface area contributed by atoms with Crippen LogP contribution in [0.4, 0.5) is 5.82 Å². The second kappa shape index (κ2) is 10.7. The van der Waals surface area contributed by atoms with E-state index in [4.69, 9.17) is 9.47 Å². The third-order valence-corrected chi connectivity index (χ3v) is 9.67. The van der Waals surface area contributed by atoms with E-state index in [1.54, 1.807) is 18.6 Å². The van der Waals surface area contributed by atoms with Crippen molar-refractivity contribution in [3.63, 3.8) is 0 Å². The standard InChI is InChI=1S/C24H28N8O5S2/c1-2-36-22-10-26-7-18(29-22)20-8-27-24(38-20)23(33)30-19(12-32-11-15-5-14(32)13-37-15)17-6-25-9-21(28-17)31-39(34,35)16-3-4-16/h6-10,14-16,19H,2-5,11-13H2,1H3,(H,28,31)(H,30,33)/t14-,15-,19+/m1/s1. The summed E-state index contributed by atoms with van der Waals surface area (Å²) in [4.78, 5) is 37.9. The number of nitrogens with one attached hydrogen (secondary N) is 2. The van der Waals surface area contributed by atoms with Crippen molar-refractivity contribution in [3.8, 4) is 16.5 Å². The zero-order valence-electron chi connectivity index (χ0n) is 21.2. The zero-order chi connectivity index (χ0) is 27.0. The molecule has 3 atom stereocenters. The maximum absolute atomic E-state index is 13.4. The van der Waals surface area contributed by atoms with Crippen molar-refractivity contribution >= 4 is 33.1 Å². The summed E-state index contributed by atoms with van der Waals surface area (Å²) in [7, 11) is -3.50. The van der Waals surface area contributed by atoms with Crippen LogP contribution in [0.5, 0.6) is 5.88 Å². The van der Waals surface area contributed by atoms with Gasteiger partial charge in [-0.25, -0.2) is 23.4 Å². The molecule has 206 valence electrons. The fourth-order valence-corrected chi connectivity index (χ4v) is 6.84. The normalized spacial score (nSPS) is 21.6. The molecule has 2 saturated heterocycles. The second-order valence-electron chi connectivity index (χ2n) is 9.71. The van der Waals surface area contributed by atoms with Gasteiger partial charge in [0.2, 0.25) is 15.9 Å². The SMILES string of the molecule is CCOc1cncc(-c2cnc(C(=O)N[C@@H](CN3C[C@H]4C[C@@H]3CO4)c3cncc(NS(=O)(=O)C4CC4)n3)s2)n1. The average molecular weight is 573 g/mol. The number of amides is 1. The molecule has 1 amide bonds. The molecule has 0 spiro atoms. The largest absolute Gasteiger partial charge is 0.477 e. The highest BCUT2D eigenvalue weighted by Gasteiger charge is 2.40. The lowest BCUT2D eigenvalue weighted by molar-refractivity contribution is 0.0265. The molecule has 0 unspecified atom stereocenters. The van der Waals surface area contributed by atoms with Crippen LogP contribution >= 0.6 is 11.3 Å². The number of carbonyl (C=O) groups is 1. The number of rotatable bonds is 11. The first kappa shape index (κ1) is 26.0. The third-order valence-electron chi connectivity index (χ3n) is 6.81. The van der Waals surface area contributed by atoms with Gasteiger partial charge in [-0.2, -0.15) is 0 Å². The molecular weight excluding hydrogens is 544 g/mol. The number of sulfonamides is 1. The molecule has 2 aliphatic heterocycles. The molecule has 0 radical (unpaired) electrons. The predicted octanol–water partition coefficient (Wildman–Crippen LogP) is 1.64. The number of likely N-dealkylation sites (tertiary alicyclic amines) is 1. The number of thiazole rings is 1. The van der Waals surface area contributed by atoms with Crippen LogP contribution in [0.15, 0.2) is 31.0 Å². The van der Waals surface area contributed by atoms with Crippen LogP contribution in [-0.4, -0.2) is 87.8 Å². The van der Waals surface area contributed by atoms with Crippen molar-refractivity contribution in [2.75, 3.05) is 31.0 Å². The van der Waals surface area contributed by atoms with Gasteiger partial charge in [0.1, 0.15) is 5.69 Å². The Bertz CT molecular complexity index is 1460. The molecule has 2 N–H and O–H groups in total. The van der Waals surface area contributed by atoms with E-state index in [2.05, 4.69) is 39.9 Å². The van der Waals surface area contributed by atoms with Gasteiger partial charge in [0, 0.05) is 25.3 Å². The van der Waals surface area contributed by atoms with Crippen LogP contribution in [0.3, 0.4) is 0 Å². The highest BCUT2D eigenvalue weighted by Crippen LogP contribution is 2.31. The number of anilines is 1. The molecule has 3 aliphatic rings. The maximum atomic E-state index is 13.4. The molecule has 0 aromatic carbocycles. The van der Waals surface area contributed by atoms with Gasteiger partial charge in [-0.05, 0) is 26.2 Å². The molecule has 3 aromatic rings. The van der Waals surface area contributed by atoms with Gasteiger partial charge >= 0.3 is 0 Å². The van der Waals surface area contributed by atoms with E-state index < -0.39 is 21.3 Å². The van der Waals surface area contributed by atoms with Gasteiger partial charge in [0.15, 0.2) is 10.8 Å². The number of nitrogens with zero attached hydrogens (tertiary/aromatic N) is 6. The van der Waals surface area contributed by atoms with Crippen LogP contribution in [0.2, 0.25) is 0 Å². The Morgan fingerprint density at radius 1 is 1.21 bits per heavy atom. The molecule has 1 saturated carbocycles. The quantitative estimate of drug-likeness (QED) is 0.344. The Morgan fingerprint density at radius 3 is 2.79 bits per heavy atom. The smallest absolute Gasteiger partial charge is 0.280 e. The number of hydrogen-bond donors (Lipinski definition) is 2. The van der Waals surface area contributed by atoms with Crippen molar-refractivity contribution in [1.82, 2.24) is 35.1 Å². The van der Waals surface area contributed by atoms with Crippen LogP contribution in [0, 0.1) is 0 Å². The first-order valence-corrected chi connectivity index (χ1v) is 15.2. The van der Waals surface area contributed by atoms with Gasteiger partial charge in [-0.1, -0.05) is 0 Å². The Labute approximate surface area is 229 Å². The van der Waals surface area contributed by atoms with E-state index >= 15 is 0 Å². The van der Waals surface area contributed by atoms with E-state index in [1.165, 1.54) is 23.7 Å². The summed E-state index contributed by atoms with van der Waals surface area (Å²) in [5, 5.41) is 2.90. The summed E-state index contributed by atoms with van der Waals surface area (Å²) in [5.41, 5.74) is 1.01. The minimum Gasteiger partial charge on any atom is -0.477 e. The lowest BCUT2D eigenvalue weighted by Crippen LogP contribution is -2.44. The summed E-state index contributed by atoms with van der Waals surface area (Å²) in [6.45, 7) is 4.21. The van der Waals surface area contributed by atoms with E-state index in [0.29, 0.717) is 54.7 Å². The molecule has 13 nitrogen and oxygen atoms in total. The Kier molecular flexibility index (Phi) is 7.14. The predicted molar refractivity (Wildman–Crippen MR) is 142 cm³/mol. The molecule has 3 aromatic heterocycles. The van der Waals surface area contributed by atoms with Gasteiger partial charge < -0.3 is 14.8 Å². The summed E-state index contributed by atoms with van der Waals surface area (Å²) in [6, 6.07) is -0.287. The Balaban J connectivity index is 1.22. The van der Waals surface area contributed by atoms with Crippen LogP contribution < -0.4 is 14.8 Å². The fourth-order valence-electron chi connectivity index (χ4n) is 4.76. The van der Waals surface area contributed by atoms with Crippen molar-refractivity contribution in [2.45, 2.75) is 49.6 Å². The minimum atomic E-state index is -3.50.